The fraction of sp³-hybridized carbons (Fsp3) is 0. The highest BCUT2D eigenvalue weighted by molar-refractivity contribution is 14.1. The molecule has 1 N–H and O–H groups in total. The van der Waals surface area contributed by atoms with Crippen molar-refractivity contribution in [2.75, 3.05) is 0 Å². The average molecular weight is 398 g/mol. The summed E-state index contributed by atoms with van der Waals surface area (Å²) in [5.74, 6) is 0. The highest BCUT2D eigenvalue weighted by Gasteiger charge is 2.07. The molecule has 4 aromatic heterocycles. The van der Waals surface area contributed by atoms with Crippen LogP contribution in [0.4, 0.5) is 0 Å². The number of pyridine rings is 3. The van der Waals surface area contributed by atoms with Crippen LogP contribution in [0.1, 0.15) is 0 Å². The van der Waals surface area contributed by atoms with E-state index in [0.29, 0.717) is 0 Å². The maximum atomic E-state index is 4.54. The summed E-state index contributed by atoms with van der Waals surface area (Å²) in [6.45, 7) is 0. The normalized spacial score (nSPS) is 11.0. The fourth-order valence-electron chi connectivity index (χ4n) is 2.40. The van der Waals surface area contributed by atoms with Crippen molar-refractivity contribution in [3.05, 3.63) is 64.8 Å². The van der Waals surface area contributed by atoms with Gasteiger partial charge in [0, 0.05) is 40.8 Å². The van der Waals surface area contributed by atoms with Crippen molar-refractivity contribution >= 4 is 33.6 Å². The van der Waals surface area contributed by atoms with Gasteiger partial charge in [0.25, 0.3) is 0 Å². The van der Waals surface area contributed by atoms with Crippen molar-refractivity contribution in [3.8, 4) is 22.5 Å². The molecule has 0 amide bonds. The molecule has 0 aliphatic heterocycles. The van der Waals surface area contributed by atoms with Gasteiger partial charge in [-0.15, -0.1) is 0 Å². The van der Waals surface area contributed by atoms with Crippen LogP contribution in [0, 0.1) is 3.70 Å². The maximum Gasteiger partial charge on any atom is 0.137 e. The molecule has 0 saturated carbocycles. The molecular weight excluding hydrogens is 387 g/mol. The van der Waals surface area contributed by atoms with Gasteiger partial charge >= 0.3 is 0 Å². The van der Waals surface area contributed by atoms with Crippen molar-refractivity contribution in [2.24, 2.45) is 0 Å². The van der Waals surface area contributed by atoms with Gasteiger partial charge < -0.3 is 4.98 Å². The number of aromatic amines is 1. The second-order valence-corrected chi connectivity index (χ2v) is 6.04. The Morgan fingerprint density at radius 1 is 0.955 bits per heavy atom. The van der Waals surface area contributed by atoms with E-state index in [2.05, 4.69) is 54.7 Å². The van der Waals surface area contributed by atoms with Crippen LogP contribution in [0.5, 0.6) is 0 Å². The molecule has 0 spiro atoms. The van der Waals surface area contributed by atoms with Crippen molar-refractivity contribution in [2.45, 2.75) is 0 Å². The van der Waals surface area contributed by atoms with Gasteiger partial charge in [-0.1, -0.05) is 6.07 Å². The molecular formula is C17H11IN4. The SMILES string of the molecule is Ic1cccc(-c2cnc3[nH]c(-c4cccnc4)cc3c2)n1. The smallest absolute Gasteiger partial charge is 0.137 e. The lowest BCUT2D eigenvalue weighted by molar-refractivity contribution is 1.25. The van der Waals surface area contributed by atoms with Crippen LogP contribution in [-0.2, 0) is 0 Å². The van der Waals surface area contributed by atoms with Crippen LogP contribution in [-0.4, -0.2) is 19.9 Å². The molecule has 0 bridgehead atoms. The van der Waals surface area contributed by atoms with E-state index in [1.54, 1.807) is 6.20 Å². The number of hydrogen-bond donors (Lipinski definition) is 1. The predicted octanol–water partition coefficient (Wildman–Crippen LogP) is 4.29. The van der Waals surface area contributed by atoms with Crippen molar-refractivity contribution in [1.82, 2.24) is 19.9 Å². The van der Waals surface area contributed by atoms with Gasteiger partial charge in [0.15, 0.2) is 0 Å². The number of fused-ring (bicyclic) bond motifs is 1. The lowest BCUT2D eigenvalue weighted by atomic mass is 10.1. The van der Waals surface area contributed by atoms with Gasteiger partial charge in [-0.2, -0.15) is 0 Å². The van der Waals surface area contributed by atoms with Crippen LogP contribution in [0.25, 0.3) is 33.5 Å². The number of hydrogen-bond acceptors (Lipinski definition) is 3. The van der Waals surface area contributed by atoms with E-state index in [1.807, 2.05) is 42.7 Å². The van der Waals surface area contributed by atoms with Gasteiger partial charge in [0.2, 0.25) is 0 Å². The molecule has 106 valence electrons. The van der Waals surface area contributed by atoms with Crippen molar-refractivity contribution in [3.63, 3.8) is 0 Å². The summed E-state index contributed by atoms with van der Waals surface area (Å²) in [4.78, 5) is 16.5. The first kappa shape index (κ1) is 13.4. The van der Waals surface area contributed by atoms with Crippen molar-refractivity contribution in [1.29, 1.82) is 0 Å². The first-order valence-electron chi connectivity index (χ1n) is 6.82. The lowest BCUT2D eigenvalue weighted by Crippen LogP contribution is -1.87. The second kappa shape index (κ2) is 5.49. The molecule has 0 unspecified atom stereocenters. The summed E-state index contributed by atoms with van der Waals surface area (Å²) in [6.07, 6.45) is 5.46. The van der Waals surface area contributed by atoms with E-state index in [0.717, 1.165) is 37.2 Å². The molecule has 0 atom stereocenters. The van der Waals surface area contributed by atoms with Crippen molar-refractivity contribution < 1.29 is 0 Å². The number of rotatable bonds is 2. The first-order valence-corrected chi connectivity index (χ1v) is 7.89. The van der Waals surface area contributed by atoms with Crippen LogP contribution in [0.2, 0.25) is 0 Å². The number of nitrogens with zero attached hydrogens (tertiary/aromatic N) is 3. The molecule has 4 aromatic rings. The Hall–Kier alpha value is -2.28. The Labute approximate surface area is 140 Å². The Balaban J connectivity index is 1.82. The first-order chi connectivity index (χ1) is 10.8. The standard InChI is InChI=1S/C17H11IN4/c18-16-5-1-4-14(21-16)13-7-12-8-15(22-17(12)20-10-13)11-3-2-6-19-9-11/h1-10H,(H,20,22). The number of nitrogens with one attached hydrogen (secondary N) is 1. The van der Waals surface area contributed by atoms with Crippen LogP contribution < -0.4 is 0 Å². The minimum Gasteiger partial charge on any atom is -0.339 e. The quantitative estimate of drug-likeness (QED) is 0.405. The van der Waals surface area contributed by atoms with E-state index >= 15 is 0 Å². The number of aromatic nitrogens is 4. The third-order valence-electron chi connectivity index (χ3n) is 3.45. The predicted molar refractivity (Wildman–Crippen MR) is 95.3 cm³/mol. The minimum absolute atomic E-state index is 0.869. The van der Waals surface area contributed by atoms with Gasteiger partial charge in [0.05, 0.1) is 5.69 Å². The summed E-state index contributed by atoms with van der Waals surface area (Å²) in [7, 11) is 0. The third-order valence-corrected chi connectivity index (χ3v) is 4.05. The van der Waals surface area contributed by atoms with Crippen LogP contribution >= 0.6 is 22.6 Å². The highest BCUT2D eigenvalue weighted by atomic mass is 127. The Kier molecular flexibility index (Phi) is 3.34. The topological polar surface area (TPSA) is 54.5 Å². The van der Waals surface area contributed by atoms with Gasteiger partial charge in [0.1, 0.15) is 9.35 Å². The molecule has 4 nitrogen and oxygen atoms in total. The summed E-state index contributed by atoms with van der Waals surface area (Å²) in [5, 5.41) is 1.07. The zero-order valence-corrected chi connectivity index (χ0v) is 13.7. The van der Waals surface area contributed by atoms with Crippen LogP contribution in [0.3, 0.4) is 0 Å². The Morgan fingerprint density at radius 3 is 2.73 bits per heavy atom. The zero-order valence-electron chi connectivity index (χ0n) is 11.5. The largest absolute Gasteiger partial charge is 0.339 e. The summed E-state index contributed by atoms with van der Waals surface area (Å²) in [5.41, 5.74) is 4.89. The molecule has 0 radical (unpaired) electrons. The number of halogens is 1. The van der Waals surface area contributed by atoms with E-state index in [9.17, 15) is 0 Å². The van der Waals surface area contributed by atoms with Gasteiger partial charge in [-0.05, 0) is 59.0 Å². The summed E-state index contributed by atoms with van der Waals surface area (Å²) < 4.78 is 0.973. The monoisotopic (exact) mass is 398 g/mol. The molecule has 0 aliphatic rings. The second-order valence-electron chi connectivity index (χ2n) is 4.93. The third kappa shape index (κ3) is 2.48. The molecule has 0 fully saturated rings. The molecule has 0 saturated heterocycles. The molecule has 0 aromatic carbocycles. The Bertz CT molecular complexity index is 947. The van der Waals surface area contributed by atoms with E-state index < -0.39 is 0 Å². The summed E-state index contributed by atoms with van der Waals surface area (Å²) in [6, 6.07) is 14.1. The van der Waals surface area contributed by atoms with E-state index in [4.69, 9.17) is 0 Å². The number of H-pyrrole nitrogens is 1. The molecule has 4 rings (SSSR count). The van der Waals surface area contributed by atoms with Gasteiger partial charge in [-0.25, -0.2) is 9.97 Å². The minimum atomic E-state index is 0.869. The molecule has 0 aliphatic carbocycles. The van der Waals surface area contributed by atoms with Crippen LogP contribution in [0.15, 0.2) is 61.1 Å². The van der Waals surface area contributed by atoms with E-state index in [1.165, 1.54) is 0 Å². The zero-order chi connectivity index (χ0) is 14.9. The Morgan fingerprint density at radius 2 is 1.91 bits per heavy atom. The lowest BCUT2D eigenvalue weighted by Gasteiger charge is -2.00. The fourth-order valence-corrected chi connectivity index (χ4v) is 2.87. The van der Waals surface area contributed by atoms with E-state index in [-0.39, 0.29) is 0 Å². The summed E-state index contributed by atoms with van der Waals surface area (Å²) >= 11 is 2.22. The molecule has 22 heavy (non-hydrogen) atoms. The average Bonchev–Trinajstić information content (AvgIpc) is 2.99. The maximum absolute atomic E-state index is 4.54. The van der Waals surface area contributed by atoms with Gasteiger partial charge in [-0.3, -0.25) is 4.98 Å². The highest BCUT2D eigenvalue weighted by Crippen LogP contribution is 2.26. The molecule has 5 heteroatoms. The molecule has 4 heterocycles.